The Balaban J connectivity index is -0.0000000524. The minimum absolute atomic E-state index is 0.231. The molecule has 0 aliphatic rings. The number of aliphatic hydroxyl groups excluding tert-OH is 1. The summed E-state index contributed by atoms with van der Waals surface area (Å²) in [5, 5.41) is 8.41. The van der Waals surface area contributed by atoms with Gasteiger partial charge in [-0.1, -0.05) is 68.4 Å². The van der Waals surface area contributed by atoms with E-state index < -0.39 is 6.72 Å². The van der Waals surface area contributed by atoms with Gasteiger partial charge in [0.1, 0.15) is 5.76 Å². The molecule has 0 aromatic rings. The first-order chi connectivity index (χ1) is 9.17. The second kappa shape index (κ2) is 27.2. The fourth-order valence-corrected chi connectivity index (χ4v) is 0.118. The maximum atomic E-state index is 10.2. The summed E-state index contributed by atoms with van der Waals surface area (Å²) in [6.07, 6.45) is 4.22. The molecule has 0 amide bonds. The third kappa shape index (κ3) is 52.4. The summed E-state index contributed by atoms with van der Waals surface area (Å²) in [6, 6.07) is 0. The molecule has 0 saturated heterocycles. The van der Waals surface area contributed by atoms with Gasteiger partial charge in [0.15, 0.2) is 0 Å². The predicted molar refractivity (Wildman–Crippen MR) is 96.1 cm³/mol. The van der Waals surface area contributed by atoms with Crippen molar-refractivity contribution < 1.29 is 14.6 Å². The van der Waals surface area contributed by atoms with Gasteiger partial charge in [0.25, 0.3) is 6.72 Å². The van der Waals surface area contributed by atoms with Crippen molar-refractivity contribution >= 4 is 18.0 Å². The van der Waals surface area contributed by atoms with Gasteiger partial charge in [0.05, 0.1) is 0 Å². The Morgan fingerprint density at radius 2 is 1.45 bits per heavy atom. The van der Waals surface area contributed by atoms with Gasteiger partial charge >= 0.3 is 0 Å². The second-order valence-corrected chi connectivity index (χ2v) is 6.84. The van der Waals surface area contributed by atoms with E-state index in [1.807, 2.05) is 27.7 Å². The minimum atomic E-state index is -3.27. The van der Waals surface area contributed by atoms with E-state index in [0.29, 0.717) is 0 Å². The Morgan fingerprint density at radius 3 is 1.45 bits per heavy atom. The van der Waals surface area contributed by atoms with E-state index in [1.165, 1.54) is 12.5 Å². The molecule has 2 N–H and O–H groups in total. The largest absolute Gasteiger partial charge is 0.508 e. The monoisotopic (exact) mass is 330 g/mol. The van der Waals surface area contributed by atoms with Gasteiger partial charge in [-0.3, -0.25) is 4.57 Å². The third-order valence-corrected chi connectivity index (χ3v) is 3.59. The quantitative estimate of drug-likeness (QED) is 0.328. The molecule has 126 valence electrons. The number of hydrogen-bond acceptors (Lipinski definition) is 2. The zero-order chi connectivity index (χ0) is 17.8. The SMILES string of the molecule is C=C/C(O)=C\C.CC.CC.CC(C)P(=O)(O)Cl.CCC. The molecule has 1 unspecified atom stereocenters. The lowest BCUT2D eigenvalue weighted by atomic mass is 10.5. The zero-order valence-corrected chi connectivity index (χ0v) is 16.4. The maximum Gasteiger partial charge on any atom is 0.290 e. The molecule has 1 atom stereocenters. The van der Waals surface area contributed by atoms with E-state index in [-0.39, 0.29) is 11.4 Å². The Hall–Kier alpha value is -0.240. The van der Waals surface area contributed by atoms with Crippen molar-refractivity contribution in [3.8, 4) is 0 Å². The topological polar surface area (TPSA) is 57.5 Å². The normalized spacial score (nSPS) is 11.7. The average Bonchev–Trinajstić information content (AvgIpc) is 2.43. The average molecular weight is 331 g/mol. The molecule has 0 heterocycles. The summed E-state index contributed by atoms with van der Waals surface area (Å²) in [6.45, 7) is 17.3. The lowest BCUT2D eigenvalue weighted by molar-refractivity contribution is 0.431. The first-order valence-electron chi connectivity index (χ1n) is 7.17. The summed E-state index contributed by atoms with van der Waals surface area (Å²) in [7, 11) is 0. The van der Waals surface area contributed by atoms with Crippen LogP contribution in [0.5, 0.6) is 0 Å². The van der Waals surface area contributed by atoms with Gasteiger partial charge in [0.2, 0.25) is 0 Å². The number of aliphatic hydroxyl groups is 1. The second-order valence-electron chi connectivity index (χ2n) is 3.26. The molecule has 5 heteroatoms. The molecule has 3 nitrogen and oxygen atoms in total. The Morgan fingerprint density at radius 1 is 1.25 bits per heavy atom. The van der Waals surface area contributed by atoms with Crippen LogP contribution in [-0.4, -0.2) is 15.7 Å². The van der Waals surface area contributed by atoms with E-state index in [1.54, 1.807) is 26.8 Å². The molecule has 0 aromatic carbocycles. The van der Waals surface area contributed by atoms with Gasteiger partial charge in [-0.05, 0) is 30.3 Å². The van der Waals surface area contributed by atoms with Crippen molar-refractivity contribution in [2.75, 3.05) is 0 Å². The summed E-state index contributed by atoms with van der Waals surface area (Å²) < 4.78 is 10.2. The van der Waals surface area contributed by atoms with Crippen LogP contribution in [0.3, 0.4) is 0 Å². The number of allylic oxidation sites excluding steroid dienone is 2. The van der Waals surface area contributed by atoms with Crippen LogP contribution in [0.4, 0.5) is 0 Å². The number of rotatable bonds is 2. The van der Waals surface area contributed by atoms with E-state index in [9.17, 15) is 4.57 Å². The van der Waals surface area contributed by atoms with Gasteiger partial charge in [0, 0.05) is 5.66 Å². The van der Waals surface area contributed by atoms with Gasteiger partial charge in [-0.2, -0.15) is 0 Å². The number of halogens is 1. The van der Waals surface area contributed by atoms with E-state index >= 15 is 0 Å². The van der Waals surface area contributed by atoms with E-state index in [0.717, 1.165) is 0 Å². The third-order valence-electron chi connectivity index (χ3n) is 1.14. The molecule has 0 spiro atoms. The first-order valence-corrected chi connectivity index (χ1v) is 9.80. The molecular formula is C15H36ClO3P. The molecule has 0 saturated carbocycles. The standard InChI is InChI=1S/C5H8O.C3H8ClO2P.C3H8.2C2H6/c1-3-5(6)4-2;1-3(2)7(4,5)6;1-3-2;2*1-2/h3-4,6H,1H2,2H3;3H,1-2H3,(H,5,6);3H2,1-2H3;2*1-2H3/b5-4+;;;;. The van der Waals surface area contributed by atoms with Crippen LogP contribution in [0.25, 0.3) is 0 Å². The Kier molecular flexibility index (Phi) is 43.4. The molecule has 0 fully saturated rings. The van der Waals surface area contributed by atoms with Gasteiger partial charge in [-0.25, -0.2) is 0 Å². The fraction of sp³-hybridized carbons (Fsp3) is 0.733. The minimum Gasteiger partial charge on any atom is -0.508 e. The molecule has 20 heavy (non-hydrogen) atoms. The van der Waals surface area contributed by atoms with Crippen molar-refractivity contribution in [1.29, 1.82) is 0 Å². The van der Waals surface area contributed by atoms with Gasteiger partial charge < -0.3 is 10.00 Å². The van der Waals surface area contributed by atoms with E-state index in [4.69, 9.17) is 21.2 Å². The molecule has 0 aromatic heterocycles. The van der Waals surface area contributed by atoms with E-state index in [2.05, 4.69) is 20.4 Å². The predicted octanol–water partition coefficient (Wildman–Crippen LogP) is 6.92. The fourth-order valence-electron chi connectivity index (χ4n) is 0.118. The molecule has 0 rings (SSSR count). The van der Waals surface area contributed by atoms with Crippen molar-refractivity contribution in [2.24, 2.45) is 0 Å². The molecular weight excluding hydrogens is 295 g/mol. The maximum absolute atomic E-state index is 10.2. The highest BCUT2D eigenvalue weighted by atomic mass is 35.7. The van der Waals surface area contributed by atoms with Crippen LogP contribution in [0, 0.1) is 0 Å². The van der Waals surface area contributed by atoms with Crippen molar-refractivity contribution in [3.63, 3.8) is 0 Å². The molecule has 0 radical (unpaired) electrons. The summed E-state index contributed by atoms with van der Waals surface area (Å²) >= 11 is 4.98. The highest BCUT2D eigenvalue weighted by Gasteiger charge is 2.17. The Labute approximate surface area is 132 Å². The van der Waals surface area contributed by atoms with Crippen LogP contribution >= 0.6 is 18.0 Å². The van der Waals surface area contributed by atoms with Crippen LogP contribution < -0.4 is 0 Å². The van der Waals surface area contributed by atoms with Crippen LogP contribution in [-0.2, 0) is 4.57 Å². The summed E-state index contributed by atoms with van der Waals surface area (Å²) in [4.78, 5) is 8.42. The zero-order valence-electron chi connectivity index (χ0n) is 14.8. The van der Waals surface area contributed by atoms with Crippen molar-refractivity contribution in [3.05, 3.63) is 24.5 Å². The van der Waals surface area contributed by atoms with Crippen LogP contribution in [0.1, 0.15) is 68.7 Å². The molecule has 0 aliphatic heterocycles. The molecule has 0 aliphatic carbocycles. The highest BCUT2D eigenvalue weighted by Crippen LogP contribution is 2.50. The van der Waals surface area contributed by atoms with Gasteiger partial charge in [-0.15, -0.1) is 0 Å². The van der Waals surface area contributed by atoms with Crippen molar-refractivity contribution in [1.82, 2.24) is 0 Å². The first kappa shape index (κ1) is 31.9. The lowest BCUT2D eigenvalue weighted by Crippen LogP contribution is -1.88. The highest BCUT2D eigenvalue weighted by molar-refractivity contribution is 7.85. The van der Waals surface area contributed by atoms with Crippen molar-refractivity contribution in [2.45, 2.75) is 74.4 Å². The van der Waals surface area contributed by atoms with Crippen LogP contribution in [0.2, 0.25) is 0 Å². The number of hydrogen-bond donors (Lipinski definition) is 2. The smallest absolute Gasteiger partial charge is 0.290 e. The summed E-state index contributed by atoms with van der Waals surface area (Å²) in [5.74, 6) is 0.231. The van der Waals surface area contributed by atoms with Crippen LogP contribution in [0.15, 0.2) is 24.5 Å². The Bertz CT molecular complexity index is 233. The molecule has 0 bridgehead atoms. The summed E-state index contributed by atoms with van der Waals surface area (Å²) in [5.41, 5.74) is -0.325. The lowest BCUT2D eigenvalue weighted by Gasteiger charge is -2.03.